The van der Waals surface area contributed by atoms with Crippen molar-refractivity contribution >= 4 is 8.32 Å². The molecule has 0 amide bonds. The molecular formula is C10H24O2Si. The molecule has 0 heterocycles. The van der Waals surface area contributed by atoms with E-state index in [2.05, 4.69) is 33.9 Å². The molecule has 0 aromatic carbocycles. The van der Waals surface area contributed by atoms with Crippen LogP contribution in [0.1, 0.15) is 27.7 Å². The summed E-state index contributed by atoms with van der Waals surface area (Å²) in [5.74, 6) is 0. The van der Waals surface area contributed by atoms with E-state index in [1.165, 1.54) is 0 Å². The number of hydrogen-bond donors (Lipinski definition) is 0. The predicted molar refractivity (Wildman–Crippen MR) is 59.6 cm³/mol. The van der Waals surface area contributed by atoms with E-state index in [-0.39, 0.29) is 0 Å². The van der Waals surface area contributed by atoms with Gasteiger partial charge in [-0.05, 0) is 25.1 Å². The molecule has 0 radical (unpaired) electrons. The fourth-order valence-electron chi connectivity index (χ4n) is 0.717. The van der Waals surface area contributed by atoms with E-state index in [4.69, 9.17) is 9.16 Å². The Morgan fingerprint density at radius 1 is 1.08 bits per heavy atom. The summed E-state index contributed by atoms with van der Waals surface area (Å²) in [6.45, 7) is 15.5. The van der Waals surface area contributed by atoms with Crippen LogP contribution in [-0.4, -0.2) is 28.1 Å². The van der Waals surface area contributed by atoms with Crippen molar-refractivity contribution in [1.82, 2.24) is 0 Å². The Morgan fingerprint density at radius 3 is 2.00 bits per heavy atom. The molecule has 80 valence electrons. The summed E-state index contributed by atoms with van der Waals surface area (Å²) in [6, 6.07) is 0. The number of ether oxygens (including phenoxy) is 1. The second-order valence-electron chi connectivity index (χ2n) is 4.81. The maximum Gasteiger partial charge on any atom is 0.192 e. The third-order valence-electron chi connectivity index (χ3n) is 2.70. The molecule has 13 heavy (non-hydrogen) atoms. The van der Waals surface area contributed by atoms with Crippen LogP contribution in [0.25, 0.3) is 0 Å². The van der Waals surface area contributed by atoms with Gasteiger partial charge in [-0.1, -0.05) is 20.8 Å². The zero-order valence-corrected chi connectivity index (χ0v) is 10.9. The molecule has 0 bridgehead atoms. The summed E-state index contributed by atoms with van der Waals surface area (Å²) in [5, 5.41) is 0.305. The lowest BCUT2D eigenvalue weighted by molar-refractivity contribution is 0.105. The van der Waals surface area contributed by atoms with E-state index < -0.39 is 8.32 Å². The van der Waals surface area contributed by atoms with Gasteiger partial charge < -0.3 is 9.16 Å². The second kappa shape index (κ2) is 5.13. The summed E-state index contributed by atoms with van der Waals surface area (Å²) in [4.78, 5) is 0. The van der Waals surface area contributed by atoms with Gasteiger partial charge >= 0.3 is 0 Å². The summed E-state index contributed by atoms with van der Waals surface area (Å²) in [7, 11) is -1.53. The van der Waals surface area contributed by atoms with Gasteiger partial charge in [0, 0.05) is 6.61 Å². The lowest BCUT2D eigenvalue weighted by Crippen LogP contribution is -2.41. The number of hydrogen-bond acceptors (Lipinski definition) is 2. The Balaban J connectivity index is 3.77. The highest BCUT2D eigenvalue weighted by atomic mass is 28.4. The molecule has 0 spiro atoms. The molecule has 0 aromatic rings. The smallest absolute Gasteiger partial charge is 0.192 e. The van der Waals surface area contributed by atoms with Crippen molar-refractivity contribution < 1.29 is 9.16 Å². The van der Waals surface area contributed by atoms with E-state index in [1.54, 1.807) is 0 Å². The minimum absolute atomic E-state index is 0.305. The monoisotopic (exact) mass is 204 g/mol. The van der Waals surface area contributed by atoms with Gasteiger partial charge in [0.15, 0.2) is 8.32 Å². The van der Waals surface area contributed by atoms with Crippen molar-refractivity contribution in [1.29, 1.82) is 0 Å². The van der Waals surface area contributed by atoms with E-state index in [9.17, 15) is 0 Å². The number of rotatable bonds is 5. The lowest BCUT2D eigenvalue weighted by atomic mass is 10.2. The third-order valence-corrected chi connectivity index (χ3v) is 7.24. The normalized spacial score (nSPS) is 13.4. The maximum absolute atomic E-state index is 5.91. The van der Waals surface area contributed by atoms with Crippen LogP contribution in [0, 0.1) is 0 Å². The molecule has 0 rings (SSSR count). The molecule has 0 aliphatic carbocycles. The Morgan fingerprint density at radius 2 is 1.62 bits per heavy atom. The Bertz CT molecular complexity index is 138. The van der Waals surface area contributed by atoms with E-state index in [0.717, 1.165) is 19.8 Å². The molecule has 3 heteroatoms. The van der Waals surface area contributed by atoms with Gasteiger partial charge in [0.1, 0.15) is 0 Å². The van der Waals surface area contributed by atoms with Crippen molar-refractivity contribution in [3.05, 3.63) is 0 Å². The van der Waals surface area contributed by atoms with Crippen LogP contribution in [0.3, 0.4) is 0 Å². The van der Waals surface area contributed by atoms with Crippen molar-refractivity contribution in [2.24, 2.45) is 0 Å². The quantitative estimate of drug-likeness (QED) is 0.506. The van der Waals surface area contributed by atoms with Gasteiger partial charge in [0.25, 0.3) is 0 Å². The Hall–Kier alpha value is 0.137. The van der Waals surface area contributed by atoms with Gasteiger partial charge in [-0.15, -0.1) is 0 Å². The van der Waals surface area contributed by atoms with Gasteiger partial charge in [-0.2, -0.15) is 0 Å². The van der Waals surface area contributed by atoms with E-state index >= 15 is 0 Å². The molecule has 0 aliphatic rings. The summed E-state index contributed by atoms with van der Waals surface area (Å²) >= 11 is 0. The highest BCUT2D eigenvalue weighted by molar-refractivity contribution is 6.74. The topological polar surface area (TPSA) is 18.5 Å². The molecule has 0 aromatic heterocycles. The van der Waals surface area contributed by atoms with Crippen molar-refractivity contribution in [2.75, 3.05) is 19.8 Å². The van der Waals surface area contributed by atoms with Crippen LogP contribution in [0.15, 0.2) is 0 Å². The first-order valence-electron chi connectivity index (χ1n) is 5.03. The minimum Gasteiger partial charge on any atom is -0.414 e. The molecular weight excluding hydrogens is 180 g/mol. The van der Waals surface area contributed by atoms with Crippen LogP contribution >= 0.6 is 0 Å². The zero-order chi connectivity index (χ0) is 10.5. The van der Waals surface area contributed by atoms with Crippen LogP contribution in [-0.2, 0) is 9.16 Å². The first-order chi connectivity index (χ1) is 5.81. The molecule has 0 atom stereocenters. The molecule has 0 aliphatic heterocycles. The predicted octanol–water partition coefficient (Wildman–Crippen LogP) is 3.04. The maximum atomic E-state index is 5.91. The fourth-order valence-corrected chi connectivity index (χ4v) is 1.74. The van der Waals surface area contributed by atoms with Crippen LogP contribution in [0.5, 0.6) is 0 Å². The molecule has 0 unspecified atom stereocenters. The molecule has 0 saturated heterocycles. The van der Waals surface area contributed by atoms with Gasteiger partial charge in [-0.25, -0.2) is 0 Å². The minimum atomic E-state index is -1.53. The zero-order valence-electron chi connectivity index (χ0n) is 9.94. The second-order valence-corrected chi connectivity index (χ2v) is 9.61. The van der Waals surface area contributed by atoms with E-state index in [0.29, 0.717) is 5.04 Å². The molecule has 2 nitrogen and oxygen atoms in total. The summed E-state index contributed by atoms with van der Waals surface area (Å²) < 4.78 is 11.1. The van der Waals surface area contributed by atoms with Crippen LogP contribution < -0.4 is 0 Å². The van der Waals surface area contributed by atoms with E-state index in [1.807, 2.05) is 6.92 Å². The largest absolute Gasteiger partial charge is 0.414 e. The summed E-state index contributed by atoms with van der Waals surface area (Å²) in [6.07, 6.45) is 0. The Kier molecular flexibility index (Phi) is 5.18. The summed E-state index contributed by atoms with van der Waals surface area (Å²) in [5.41, 5.74) is 0. The molecule has 0 saturated carbocycles. The lowest BCUT2D eigenvalue weighted by Gasteiger charge is -2.36. The van der Waals surface area contributed by atoms with Crippen molar-refractivity contribution in [2.45, 2.75) is 45.8 Å². The SMILES string of the molecule is CCOCCO[Si](C)(C)C(C)(C)C. The fraction of sp³-hybridized carbons (Fsp3) is 1.00. The first-order valence-corrected chi connectivity index (χ1v) is 7.94. The third kappa shape index (κ3) is 4.79. The Labute approximate surface area is 83.8 Å². The standard InChI is InChI=1S/C10H24O2Si/c1-7-11-8-9-12-13(5,6)10(2,3)4/h7-9H2,1-6H3. The van der Waals surface area contributed by atoms with Crippen LogP contribution in [0.4, 0.5) is 0 Å². The van der Waals surface area contributed by atoms with Crippen LogP contribution in [0.2, 0.25) is 18.1 Å². The molecule has 0 fully saturated rings. The highest BCUT2D eigenvalue weighted by Gasteiger charge is 2.36. The van der Waals surface area contributed by atoms with Gasteiger partial charge in [0.05, 0.1) is 13.2 Å². The van der Waals surface area contributed by atoms with Gasteiger partial charge in [-0.3, -0.25) is 0 Å². The van der Waals surface area contributed by atoms with Crippen molar-refractivity contribution in [3.8, 4) is 0 Å². The highest BCUT2D eigenvalue weighted by Crippen LogP contribution is 2.36. The first kappa shape index (κ1) is 13.1. The van der Waals surface area contributed by atoms with Gasteiger partial charge in [0.2, 0.25) is 0 Å². The molecule has 0 N–H and O–H groups in total. The average Bonchev–Trinajstić information content (AvgIpc) is 1.96. The van der Waals surface area contributed by atoms with Crippen molar-refractivity contribution in [3.63, 3.8) is 0 Å². The average molecular weight is 204 g/mol.